The standard InChI is InChI=1S/C15H20O3/c1-4-5-10-18-15(16)12(2)11-13-6-8-14(17-3)9-7-13/h6-9,11H,4-5,10H2,1-3H3. The van der Waals surface area contributed by atoms with Gasteiger partial charge in [0.25, 0.3) is 0 Å². The monoisotopic (exact) mass is 248 g/mol. The van der Waals surface area contributed by atoms with Crippen molar-refractivity contribution in [3.63, 3.8) is 0 Å². The van der Waals surface area contributed by atoms with Crippen LogP contribution in [0, 0.1) is 0 Å². The summed E-state index contributed by atoms with van der Waals surface area (Å²) in [5.74, 6) is 0.551. The zero-order chi connectivity index (χ0) is 13.4. The zero-order valence-corrected chi connectivity index (χ0v) is 11.2. The van der Waals surface area contributed by atoms with Crippen LogP contribution in [-0.4, -0.2) is 19.7 Å². The summed E-state index contributed by atoms with van der Waals surface area (Å²) < 4.78 is 10.2. The lowest BCUT2D eigenvalue weighted by atomic mass is 10.1. The Labute approximate surface area is 108 Å². The van der Waals surface area contributed by atoms with Crippen LogP contribution in [0.15, 0.2) is 29.8 Å². The molecule has 3 nitrogen and oxygen atoms in total. The van der Waals surface area contributed by atoms with Crippen LogP contribution >= 0.6 is 0 Å². The van der Waals surface area contributed by atoms with Gasteiger partial charge in [0.05, 0.1) is 13.7 Å². The highest BCUT2D eigenvalue weighted by molar-refractivity contribution is 5.92. The Bertz CT molecular complexity index is 404. The third-order valence-corrected chi connectivity index (χ3v) is 2.55. The van der Waals surface area contributed by atoms with Gasteiger partial charge in [0.15, 0.2) is 0 Å². The molecule has 0 atom stereocenters. The molecule has 98 valence electrons. The summed E-state index contributed by atoms with van der Waals surface area (Å²) in [6.45, 7) is 4.32. The first-order valence-electron chi connectivity index (χ1n) is 6.17. The van der Waals surface area contributed by atoms with Gasteiger partial charge in [-0.1, -0.05) is 25.5 Å². The summed E-state index contributed by atoms with van der Waals surface area (Å²) in [7, 11) is 1.63. The van der Waals surface area contributed by atoms with Gasteiger partial charge in [-0.15, -0.1) is 0 Å². The number of methoxy groups -OCH3 is 1. The molecule has 0 N–H and O–H groups in total. The molecule has 0 aliphatic carbocycles. The molecule has 1 aromatic carbocycles. The van der Waals surface area contributed by atoms with E-state index in [4.69, 9.17) is 9.47 Å². The lowest BCUT2D eigenvalue weighted by molar-refractivity contribution is -0.138. The molecule has 0 amide bonds. The Balaban J connectivity index is 2.60. The predicted molar refractivity (Wildman–Crippen MR) is 72.5 cm³/mol. The minimum atomic E-state index is -0.251. The normalized spacial score (nSPS) is 11.2. The first kappa shape index (κ1) is 14.3. The average Bonchev–Trinajstić information content (AvgIpc) is 2.39. The molecule has 0 saturated heterocycles. The van der Waals surface area contributed by atoms with Crippen LogP contribution < -0.4 is 4.74 Å². The molecule has 0 bridgehead atoms. The molecule has 0 saturated carbocycles. The SMILES string of the molecule is CCCCOC(=O)C(C)=Cc1ccc(OC)cc1. The Hall–Kier alpha value is -1.77. The lowest BCUT2D eigenvalue weighted by Gasteiger charge is -2.04. The molecular formula is C15H20O3. The van der Waals surface area contributed by atoms with Crippen molar-refractivity contribution in [2.24, 2.45) is 0 Å². The van der Waals surface area contributed by atoms with Crippen molar-refractivity contribution < 1.29 is 14.3 Å². The van der Waals surface area contributed by atoms with E-state index >= 15 is 0 Å². The topological polar surface area (TPSA) is 35.5 Å². The van der Waals surface area contributed by atoms with E-state index in [-0.39, 0.29) is 5.97 Å². The van der Waals surface area contributed by atoms with Crippen LogP contribution in [0.2, 0.25) is 0 Å². The smallest absolute Gasteiger partial charge is 0.333 e. The second-order valence-electron chi connectivity index (χ2n) is 4.09. The van der Waals surface area contributed by atoms with Crippen molar-refractivity contribution in [2.45, 2.75) is 26.7 Å². The molecule has 3 heteroatoms. The van der Waals surface area contributed by atoms with E-state index in [9.17, 15) is 4.79 Å². The number of hydrogen-bond acceptors (Lipinski definition) is 3. The molecule has 0 aliphatic rings. The van der Waals surface area contributed by atoms with Gasteiger partial charge >= 0.3 is 5.97 Å². The molecule has 0 aliphatic heterocycles. The van der Waals surface area contributed by atoms with E-state index in [2.05, 4.69) is 6.92 Å². The summed E-state index contributed by atoms with van der Waals surface area (Å²) in [5, 5.41) is 0. The molecule has 0 radical (unpaired) electrons. The summed E-state index contributed by atoms with van der Waals surface area (Å²) >= 11 is 0. The molecule has 0 unspecified atom stereocenters. The second kappa shape index (κ2) is 7.54. The van der Waals surface area contributed by atoms with E-state index in [1.165, 1.54) is 0 Å². The number of carbonyl (C=O) groups excluding carboxylic acids is 1. The maximum atomic E-state index is 11.6. The number of ether oxygens (including phenoxy) is 2. The highest BCUT2D eigenvalue weighted by Gasteiger charge is 2.05. The van der Waals surface area contributed by atoms with Crippen molar-refractivity contribution in [1.29, 1.82) is 0 Å². The molecule has 18 heavy (non-hydrogen) atoms. The summed E-state index contributed by atoms with van der Waals surface area (Å²) in [6.07, 6.45) is 3.74. The first-order chi connectivity index (χ1) is 8.67. The van der Waals surface area contributed by atoms with Crippen LogP contribution in [0.4, 0.5) is 0 Å². The number of carbonyl (C=O) groups is 1. The maximum absolute atomic E-state index is 11.6. The molecular weight excluding hydrogens is 228 g/mol. The fourth-order valence-corrected chi connectivity index (χ4v) is 1.43. The van der Waals surface area contributed by atoms with Crippen molar-refractivity contribution in [3.05, 3.63) is 35.4 Å². The fraction of sp³-hybridized carbons (Fsp3) is 0.400. The summed E-state index contributed by atoms with van der Waals surface area (Å²) in [4.78, 5) is 11.6. The van der Waals surface area contributed by atoms with Gasteiger partial charge in [-0.25, -0.2) is 4.79 Å². The van der Waals surface area contributed by atoms with Crippen molar-refractivity contribution in [2.75, 3.05) is 13.7 Å². The number of rotatable bonds is 6. The fourth-order valence-electron chi connectivity index (χ4n) is 1.43. The maximum Gasteiger partial charge on any atom is 0.333 e. The minimum absolute atomic E-state index is 0.251. The lowest BCUT2D eigenvalue weighted by Crippen LogP contribution is -2.06. The number of benzene rings is 1. The molecule has 0 spiro atoms. The Morgan fingerprint density at radius 1 is 1.28 bits per heavy atom. The molecule has 0 heterocycles. The van der Waals surface area contributed by atoms with Gasteiger partial charge < -0.3 is 9.47 Å². The van der Waals surface area contributed by atoms with E-state index < -0.39 is 0 Å². The van der Waals surface area contributed by atoms with Crippen LogP contribution in [-0.2, 0) is 9.53 Å². The number of hydrogen-bond donors (Lipinski definition) is 0. The highest BCUT2D eigenvalue weighted by atomic mass is 16.5. The number of esters is 1. The van der Waals surface area contributed by atoms with Crippen LogP contribution in [0.25, 0.3) is 6.08 Å². The predicted octanol–water partition coefficient (Wildman–Crippen LogP) is 3.44. The second-order valence-corrected chi connectivity index (χ2v) is 4.09. The highest BCUT2D eigenvalue weighted by Crippen LogP contribution is 2.14. The van der Waals surface area contributed by atoms with E-state index in [0.717, 1.165) is 24.2 Å². The third kappa shape index (κ3) is 4.62. The van der Waals surface area contributed by atoms with Gasteiger partial charge in [-0.05, 0) is 37.1 Å². The van der Waals surface area contributed by atoms with Gasteiger partial charge in [0.1, 0.15) is 5.75 Å². The average molecular weight is 248 g/mol. The largest absolute Gasteiger partial charge is 0.497 e. The van der Waals surface area contributed by atoms with Crippen molar-refractivity contribution in [3.8, 4) is 5.75 Å². The Morgan fingerprint density at radius 3 is 2.50 bits per heavy atom. The van der Waals surface area contributed by atoms with Crippen molar-refractivity contribution >= 4 is 12.0 Å². The van der Waals surface area contributed by atoms with Gasteiger partial charge in [-0.3, -0.25) is 0 Å². The van der Waals surface area contributed by atoms with Crippen LogP contribution in [0.3, 0.4) is 0 Å². The van der Waals surface area contributed by atoms with Crippen LogP contribution in [0.1, 0.15) is 32.3 Å². The third-order valence-electron chi connectivity index (χ3n) is 2.55. The van der Waals surface area contributed by atoms with Gasteiger partial charge in [0, 0.05) is 5.57 Å². The quantitative estimate of drug-likeness (QED) is 0.439. The van der Waals surface area contributed by atoms with Crippen molar-refractivity contribution in [1.82, 2.24) is 0 Å². The molecule has 0 aromatic heterocycles. The number of unbranched alkanes of at least 4 members (excludes halogenated alkanes) is 1. The van der Waals surface area contributed by atoms with Gasteiger partial charge in [-0.2, -0.15) is 0 Å². The van der Waals surface area contributed by atoms with E-state index in [1.807, 2.05) is 30.3 Å². The summed E-state index contributed by atoms with van der Waals surface area (Å²) in [5.41, 5.74) is 1.57. The Morgan fingerprint density at radius 2 is 1.94 bits per heavy atom. The molecule has 0 fully saturated rings. The Kier molecular flexibility index (Phi) is 5.98. The zero-order valence-electron chi connectivity index (χ0n) is 11.2. The van der Waals surface area contributed by atoms with E-state index in [1.54, 1.807) is 14.0 Å². The van der Waals surface area contributed by atoms with Gasteiger partial charge in [0.2, 0.25) is 0 Å². The summed E-state index contributed by atoms with van der Waals surface area (Å²) in [6, 6.07) is 7.53. The molecule has 1 aromatic rings. The van der Waals surface area contributed by atoms with E-state index in [0.29, 0.717) is 12.2 Å². The minimum Gasteiger partial charge on any atom is -0.497 e. The molecule has 1 rings (SSSR count). The first-order valence-corrected chi connectivity index (χ1v) is 6.17. The van der Waals surface area contributed by atoms with Crippen LogP contribution in [0.5, 0.6) is 5.75 Å².